The predicted octanol–water partition coefficient (Wildman–Crippen LogP) is 3.10. The molecule has 1 aliphatic carbocycles. The monoisotopic (exact) mass is 557 g/mol. The molecule has 0 radical (unpaired) electrons. The first-order valence-corrected chi connectivity index (χ1v) is 14.1. The van der Waals surface area contributed by atoms with Crippen LogP contribution in [0.4, 0.5) is 15.8 Å². The van der Waals surface area contributed by atoms with Crippen LogP contribution in [0.1, 0.15) is 37.3 Å². The number of rotatable bonds is 8. The largest absolute Gasteiger partial charge is 0.393 e. The lowest BCUT2D eigenvalue weighted by Crippen LogP contribution is -2.58. The van der Waals surface area contributed by atoms with Crippen molar-refractivity contribution in [1.82, 2.24) is 9.62 Å². The van der Waals surface area contributed by atoms with Crippen molar-refractivity contribution in [1.29, 1.82) is 0 Å². The van der Waals surface area contributed by atoms with E-state index in [2.05, 4.69) is 11.6 Å². The number of halogens is 1. The van der Waals surface area contributed by atoms with E-state index in [1.54, 1.807) is 29.2 Å². The minimum Gasteiger partial charge on any atom is -0.393 e. The molecule has 2 unspecified atom stereocenters. The van der Waals surface area contributed by atoms with Gasteiger partial charge in [-0.1, -0.05) is 43.3 Å². The number of nitro benzene ring substituents is 1. The summed E-state index contributed by atoms with van der Waals surface area (Å²) in [4.78, 5) is 24.0. The molecule has 2 aromatic rings. The molecule has 5 N–H and O–H groups in total. The van der Waals surface area contributed by atoms with Gasteiger partial charge in [-0.2, -0.15) is 0 Å². The molecule has 4 rings (SSSR count). The molecule has 1 amide bonds. The Bertz CT molecular complexity index is 1440. The fourth-order valence-corrected chi connectivity index (χ4v) is 6.09. The number of likely N-dealkylation sites (tertiary alicyclic amines) is 1. The van der Waals surface area contributed by atoms with Crippen molar-refractivity contribution in [2.24, 2.45) is 11.7 Å². The number of allylic oxidation sites excluding steroid dienone is 2. The average molecular weight is 558 g/mol. The Balaban J connectivity index is 1.60. The number of benzene rings is 2. The van der Waals surface area contributed by atoms with E-state index in [1.807, 2.05) is 0 Å². The summed E-state index contributed by atoms with van der Waals surface area (Å²) in [5.74, 6) is -0.437. The summed E-state index contributed by atoms with van der Waals surface area (Å²) in [5.41, 5.74) is 12.9. The van der Waals surface area contributed by atoms with Gasteiger partial charge in [0.25, 0.3) is 5.69 Å². The molecule has 1 heterocycles. The zero-order valence-electron chi connectivity index (χ0n) is 21.5. The summed E-state index contributed by atoms with van der Waals surface area (Å²) in [6.45, 7) is 3.04. The second kappa shape index (κ2) is 11.2. The number of nitro groups is 1. The number of anilines is 1. The summed E-state index contributed by atoms with van der Waals surface area (Å²) in [7, 11) is -4.35. The quantitative estimate of drug-likeness (QED) is 0.255. The average Bonchev–Trinajstić information content (AvgIpc) is 2.90. The normalized spacial score (nSPS) is 20.9. The number of piperidine rings is 1. The first kappa shape index (κ1) is 28.4. The third-order valence-corrected chi connectivity index (χ3v) is 9.19. The summed E-state index contributed by atoms with van der Waals surface area (Å²) < 4.78 is 43.9. The molecule has 39 heavy (non-hydrogen) atoms. The first-order chi connectivity index (χ1) is 18.4. The molecule has 1 fully saturated rings. The van der Waals surface area contributed by atoms with Gasteiger partial charge in [-0.3, -0.25) is 14.9 Å². The maximum Gasteiger partial charge on any atom is 0.292 e. The lowest BCUT2D eigenvalue weighted by molar-refractivity contribution is -0.384. The zero-order chi connectivity index (χ0) is 28.4. The fraction of sp³-hybridized carbons (Fsp3) is 0.370. The number of nitrogens with zero attached hydrogens (tertiary/aromatic N) is 2. The number of nitrogens with two attached hydrogens (primary N) is 2. The van der Waals surface area contributed by atoms with Gasteiger partial charge in [-0.15, -0.1) is 0 Å². The maximum absolute atomic E-state index is 14.2. The van der Waals surface area contributed by atoms with Gasteiger partial charge in [0.1, 0.15) is 17.5 Å². The van der Waals surface area contributed by atoms with E-state index in [0.717, 1.165) is 12.8 Å². The lowest BCUT2D eigenvalue weighted by atomic mass is 9.97. The van der Waals surface area contributed by atoms with E-state index in [-0.39, 0.29) is 24.2 Å². The summed E-state index contributed by atoms with van der Waals surface area (Å²) in [5, 5.41) is 11.4. The molecule has 208 valence electrons. The Hall–Kier alpha value is -3.61. The molecule has 2 aromatic carbocycles. The second-order valence-corrected chi connectivity index (χ2v) is 12.2. The van der Waals surface area contributed by atoms with Crippen LogP contribution in [-0.2, 0) is 21.2 Å². The SMILES string of the molecule is CC1CCN(C(=O)C(Cc2ccc(N)c([N+](=O)[O-])c2)NS(=O)(=O)C2(N)C=CC(c3ccccc3F)=CC2)CC1. The molecule has 0 bridgehead atoms. The standard InChI is InChI=1S/C27H32FN5O5S/c1-18-10-14-32(15-11-18)26(34)24(16-19-6-7-23(29)25(17-19)33(35)36)31-39(37,38)27(30)12-8-20(9-13-27)21-4-2-3-5-22(21)28/h2-9,12,17-18,24,31H,10-11,13-16,29-30H2,1H3. The number of amides is 1. The number of nitrogens with one attached hydrogen (secondary N) is 1. The Labute approximate surface area is 226 Å². The van der Waals surface area contributed by atoms with Gasteiger partial charge in [0.2, 0.25) is 15.9 Å². The lowest BCUT2D eigenvalue weighted by Gasteiger charge is -2.35. The van der Waals surface area contributed by atoms with Crippen molar-refractivity contribution < 1.29 is 22.5 Å². The van der Waals surface area contributed by atoms with E-state index in [4.69, 9.17) is 11.5 Å². The Morgan fingerprint density at radius 1 is 1.26 bits per heavy atom. The first-order valence-electron chi connectivity index (χ1n) is 12.7. The Morgan fingerprint density at radius 3 is 2.56 bits per heavy atom. The highest BCUT2D eigenvalue weighted by atomic mass is 32.2. The number of carbonyl (C=O) groups excluding carboxylic acids is 1. The van der Waals surface area contributed by atoms with Crippen LogP contribution >= 0.6 is 0 Å². The van der Waals surface area contributed by atoms with Gasteiger partial charge in [0.05, 0.1) is 4.92 Å². The van der Waals surface area contributed by atoms with Gasteiger partial charge in [-0.25, -0.2) is 17.5 Å². The van der Waals surface area contributed by atoms with E-state index < -0.39 is 37.6 Å². The molecule has 1 saturated heterocycles. The van der Waals surface area contributed by atoms with Crippen molar-refractivity contribution in [3.05, 3.63) is 87.8 Å². The van der Waals surface area contributed by atoms with Crippen LogP contribution in [0.25, 0.3) is 5.57 Å². The highest BCUT2D eigenvalue weighted by Gasteiger charge is 2.42. The van der Waals surface area contributed by atoms with Crippen molar-refractivity contribution in [3.8, 4) is 0 Å². The van der Waals surface area contributed by atoms with Crippen LogP contribution in [-0.4, -0.2) is 48.2 Å². The minimum absolute atomic E-state index is 0.0390. The van der Waals surface area contributed by atoms with Crippen LogP contribution in [0.15, 0.2) is 60.7 Å². The van der Waals surface area contributed by atoms with E-state index >= 15 is 0 Å². The van der Waals surface area contributed by atoms with Gasteiger partial charge >= 0.3 is 0 Å². The van der Waals surface area contributed by atoms with Crippen molar-refractivity contribution >= 4 is 32.9 Å². The molecule has 12 heteroatoms. The van der Waals surface area contributed by atoms with Crippen LogP contribution < -0.4 is 16.2 Å². The molecule has 0 saturated carbocycles. The smallest absolute Gasteiger partial charge is 0.292 e. The Kier molecular flexibility index (Phi) is 8.19. The Morgan fingerprint density at radius 2 is 1.95 bits per heavy atom. The molecule has 0 spiro atoms. The molecule has 2 aliphatic rings. The number of nitrogen functional groups attached to an aromatic ring is 1. The van der Waals surface area contributed by atoms with Crippen molar-refractivity contribution in [2.45, 2.75) is 43.5 Å². The van der Waals surface area contributed by atoms with Gasteiger partial charge in [0.15, 0.2) is 4.87 Å². The number of sulfonamides is 1. The summed E-state index contributed by atoms with van der Waals surface area (Å²) >= 11 is 0. The molecule has 10 nitrogen and oxygen atoms in total. The minimum atomic E-state index is -4.35. The molecule has 2 atom stereocenters. The van der Waals surface area contributed by atoms with Crippen LogP contribution in [0, 0.1) is 21.8 Å². The predicted molar refractivity (Wildman–Crippen MR) is 147 cm³/mol. The second-order valence-electron chi connectivity index (χ2n) is 10.2. The topological polar surface area (TPSA) is 162 Å². The molecule has 1 aliphatic heterocycles. The van der Waals surface area contributed by atoms with Gasteiger partial charge in [0, 0.05) is 31.1 Å². The third-order valence-electron chi connectivity index (χ3n) is 7.29. The van der Waals surface area contributed by atoms with E-state index in [9.17, 15) is 27.7 Å². The maximum atomic E-state index is 14.2. The van der Waals surface area contributed by atoms with Gasteiger partial charge in [-0.05, 0) is 54.5 Å². The summed E-state index contributed by atoms with van der Waals surface area (Å²) in [6, 6.07) is 9.00. The van der Waals surface area contributed by atoms with Crippen LogP contribution in [0.5, 0.6) is 0 Å². The molecule has 0 aromatic heterocycles. The number of hydrogen-bond donors (Lipinski definition) is 3. The number of hydrogen-bond acceptors (Lipinski definition) is 7. The van der Waals surface area contributed by atoms with Crippen molar-refractivity contribution in [3.63, 3.8) is 0 Å². The van der Waals surface area contributed by atoms with Crippen molar-refractivity contribution in [2.75, 3.05) is 18.8 Å². The zero-order valence-corrected chi connectivity index (χ0v) is 22.4. The number of carbonyl (C=O) groups is 1. The molecular formula is C27H32FN5O5S. The highest BCUT2D eigenvalue weighted by Crippen LogP contribution is 2.31. The highest BCUT2D eigenvalue weighted by molar-refractivity contribution is 7.91. The van der Waals surface area contributed by atoms with E-state index in [0.29, 0.717) is 35.7 Å². The third kappa shape index (κ3) is 6.18. The fourth-order valence-electron chi connectivity index (χ4n) is 4.77. The van der Waals surface area contributed by atoms with E-state index in [1.165, 1.54) is 36.4 Å². The van der Waals surface area contributed by atoms with Crippen LogP contribution in [0.3, 0.4) is 0 Å². The molecular weight excluding hydrogens is 525 g/mol. The van der Waals surface area contributed by atoms with Gasteiger partial charge < -0.3 is 16.4 Å². The van der Waals surface area contributed by atoms with Crippen LogP contribution in [0.2, 0.25) is 0 Å². The summed E-state index contributed by atoms with van der Waals surface area (Å²) in [6.07, 6.45) is 5.56.